The van der Waals surface area contributed by atoms with Gasteiger partial charge in [0.2, 0.25) is 0 Å². The highest BCUT2D eigenvalue weighted by molar-refractivity contribution is 5.80. The molecule has 0 unspecified atom stereocenters. The van der Waals surface area contributed by atoms with Crippen LogP contribution in [0.2, 0.25) is 0 Å². The topological polar surface area (TPSA) is 52.6 Å². The maximum Gasteiger partial charge on any atom is 0.191 e. The Kier molecular flexibility index (Phi) is 7.50. The number of nitrogens with zero attached hydrogens (tertiary/aromatic N) is 3. The minimum absolute atomic E-state index is 0.126. The van der Waals surface area contributed by atoms with Crippen LogP contribution in [0.3, 0.4) is 0 Å². The number of benzene rings is 1. The number of nitrogens with one attached hydrogen (secondary N) is 2. The molecule has 0 bridgehead atoms. The first-order valence-electron chi connectivity index (χ1n) is 10.9. The summed E-state index contributed by atoms with van der Waals surface area (Å²) in [7, 11) is 1.86. The summed E-state index contributed by atoms with van der Waals surface area (Å²) in [5, 5.41) is 7.26. The lowest BCUT2D eigenvalue weighted by Crippen LogP contribution is -2.51. The normalized spacial score (nSPS) is 16.0. The van der Waals surface area contributed by atoms with Gasteiger partial charge in [-0.05, 0) is 43.4 Å². The van der Waals surface area contributed by atoms with Crippen LogP contribution >= 0.6 is 0 Å². The van der Waals surface area contributed by atoms with Gasteiger partial charge in [-0.25, -0.2) is 4.98 Å². The van der Waals surface area contributed by atoms with Gasteiger partial charge in [-0.15, -0.1) is 0 Å². The molecule has 0 spiro atoms. The molecule has 2 N–H and O–H groups in total. The van der Waals surface area contributed by atoms with Crippen LogP contribution in [0.1, 0.15) is 45.1 Å². The Balaban J connectivity index is 1.54. The quantitative estimate of drug-likeness (QED) is 0.552. The van der Waals surface area contributed by atoms with Crippen molar-refractivity contribution in [3.8, 4) is 0 Å². The minimum Gasteiger partial charge on any atom is -0.356 e. The Morgan fingerprint density at radius 2 is 1.76 bits per heavy atom. The molecule has 3 rings (SSSR count). The van der Waals surface area contributed by atoms with E-state index < -0.39 is 0 Å². The summed E-state index contributed by atoms with van der Waals surface area (Å²) in [6, 6.07) is 17.4. The maximum atomic E-state index is 4.49. The van der Waals surface area contributed by atoms with Crippen LogP contribution in [-0.4, -0.2) is 43.7 Å². The lowest BCUT2D eigenvalue weighted by molar-refractivity contribution is 0.386. The number of pyridine rings is 1. The van der Waals surface area contributed by atoms with Gasteiger partial charge in [0.25, 0.3) is 0 Å². The molecule has 1 aromatic carbocycles. The van der Waals surface area contributed by atoms with Crippen molar-refractivity contribution in [1.29, 1.82) is 0 Å². The molecular weight excluding hydrogens is 358 g/mol. The molecule has 1 aliphatic heterocycles. The van der Waals surface area contributed by atoms with Crippen molar-refractivity contribution in [2.75, 3.05) is 31.6 Å². The van der Waals surface area contributed by atoms with Crippen LogP contribution in [0.5, 0.6) is 0 Å². The third-order valence-corrected chi connectivity index (χ3v) is 6.37. The molecule has 2 heterocycles. The molecule has 0 atom stereocenters. The molecule has 0 aliphatic carbocycles. The van der Waals surface area contributed by atoms with Crippen molar-refractivity contribution in [3.63, 3.8) is 0 Å². The highest BCUT2D eigenvalue weighted by atomic mass is 15.2. The van der Waals surface area contributed by atoms with Crippen LogP contribution in [0, 0.1) is 0 Å². The predicted octanol–water partition coefficient (Wildman–Crippen LogP) is 3.97. The molecule has 156 valence electrons. The number of anilines is 1. The Labute approximate surface area is 175 Å². The molecule has 1 aliphatic rings. The Morgan fingerprint density at radius 1 is 1.07 bits per heavy atom. The number of piperidine rings is 1. The van der Waals surface area contributed by atoms with E-state index in [0.717, 1.165) is 57.1 Å². The van der Waals surface area contributed by atoms with Crippen molar-refractivity contribution in [2.45, 2.75) is 51.0 Å². The molecule has 0 amide bonds. The smallest absolute Gasteiger partial charge is 0.191 e. The van der Waals surface area contributed by atoms with E-state index in [9.17, 15) is 0 Å². The first-order valence-corrected chi connectivity index (χ1v) is 10.9. The fourth-order valence-electron chi connectivity index (χ4n) is 4.24. The van der Waals surface area contributed by atoms with Gasteiger partial charge in [0.05, 0.1) is 0 Å². The van der Waals surface area contributed by atoms with Gasteiger partial charge in [0.15, 0.2) is 5.96 Å². The molecular formula is C24H35N5. The predicted molar refractivity (Wildman–Crippen MR) is 123 cm³/mol. The van der Waals surface area contributed by atoms with Gasteiger partial charge in [-0.1, -0.05) is 50.2 Å². The lowest BCUT2D eigenvalue weighted by atomic mass is 9.76. The third kappa shape index (κ3) is 5.28. The van der Waals surface area contributed by atoms with E-state index in [-0.39, 0.29) is 5.41 Å². The summed E-state index contributed by atoms with van der Waals surface area (Å²) in [4.78, 5) is 11.3. The van der Waals surface area contributed by atoms with Crippen LogP contribution in [0.15, 0.2) is 59.7 Å². The number of rotatable bonds is 7. The fraction of sp³-hybridized carbons (Fsp3) is 0.500. The standard InChI is InChI=1S/C24H35N5/c1-4-24(5-2,20-11-7-6-8-12-20)19-27-23(25-3)28-21-14-17-29(18-15-21)22-13-9-10-16-26-22/h6-13,16,21H,4-5,14-15,17-19H2,1-3H3,(H2,25,27,28). The molecule has 1 saturated heterocycles. The van der Waals surface area contributed by atoms with Crippen LogP contribution in [0.4, 0.5) is 5.82 Å². The van der Waals surface area contributed by atoms with Gasteiger partial charge < -0.3 is 15.5 Å². The van der Waals surface area contributed by atoms with Crippen molar-refractivity contribution in [3.05, 3.63) is 60.3 Å². The van der Waals surface area contributed by atoms with Crippen molar-refractivity contribution >= 4 is 11.8 Å². The van der Waals surface area contributed by atoms with Gasteiger partial charge in [-0.3, -0.25) is 4.99 Å². The first kappa shape index (κ1) is 21.2. The highest BCUT2D eigenvalue weighted by Crippen LogP contribution is 2.30. The Bertz CT molecular complexity index is 747. The highest BCUT2D eigenvalue weighted by Gasteiger charge is 2.29. The average molecular weight is 394 g/mol. The SMILES string of the molecule is CCC(CC)(CNC(=NC)NC1CCN(c2ccccn2)CC1)c1ccccc1. The van der Waals surface area contributed by atoms with E-state index in [1.165, 1.54) is 5.56 Å². The second kappa shape index (κ2) is 10.3. The van der Waals surface area contributed by atoms with Crippen LogP contribution < -0.4 is 15.5 Å². The number of guanidine groups is 1. The average Bonchev–Trinajstić information content (AvgIpc) is 2.81. The number of hydrogen-bond acceptors (Lipinski definition) is 3. The van der Waals surface area contributed by atoms with Crippen molar-refractivity contribution in [1.82, 2.24) is 15.6 Å². The Hall–Kier alpha value is -2.56. The summed E-state index contributed by atoms with van der Waals surface area (Å²) in [5.41, 5.74) is 1.53. The number of aromatic nitrogens is 1. The lowest BCUT2D eigenvalue weighted by Gasteiger charge is -2.36. The molecule has 5 nitrogen and oxygen atoms in total. The van der Waals surface area contributed by atoms with E-state index in [1.807, 2.05) is 19.3 Å². The van der Waals surface area contributed by atoms with E-state index in [2.05, 4.69) is 81.8 Å². The second-order valence-electron chi connectivity index (χ2n) is 7.87. The van der Waals surface area contributed by atoms with Gasteiger partial charge >= 0.3 is 0 Å². The minimum atomic E-state index is 0.126. The molecule has 29 heavy (non-hydrogen) atoms. The molecule has 1 aromatic heterocycles. The maximum absolute atomic E-state index is 4.49. The van der Waals surface area contributed by atoms with E-state index >= 15 is 0 Å². The summed E-state index contributed by atoms with van der Waals surface area (Å²) in [5.74, 6) is 1.98. The van der Waals surface area contributed by atoms with Gasteiger partial charge in [-0.2, -0.15) is 0 Å². The van der Waals surface area contributed by atoms with Crippen molar-refractivity contribution < 1.29 is 0 Å². The largest absolute Gasteiger partial charge is 0.356 e. The van der Waals surface area contributed by atoms with E-state index in [4.69, 9.17) is 0 Å². The summed E-state index contributed by atoms with van der Waals surface area (Å²) in [6.45, 7) is 7.48. The Morgan fingerprint density at radius 3 is 2.34 bits per heavy atom. The third-order valence-electron chi connectivity index (χ3n) is 6.37. The van der Waals surface area contributed by atoms with Crippen LogP contribution in [-0.2, 0) is 5.41 Å². The number of aliphatic imine (C=N–C) groups is 1. The van der Waals surface area contributed by atoms with Gasteiger partial charge in [0, 0.05) is 44.3 Å². The number of hydrogen-bond donors (Lipinski definition) is 2. The van der Waals surface area contributed by atoms with E-state index in [1.54, 1.807) is 0 Å². The zero-order chi connectivity index (χ0) is 20.5. The van der Waals surface area contributed by atoms with Crippen molar-refractivity contribution in [2.24, 2.45) is 4.99 Å². The monoisotopic (exact) mass is 393 g/mol. The zero-order valence-electron chi connectivity index (χ0n) is 18.1. The first-order chi connectivity index (χ1) is 14.2. The molecule has 2 aromatic rings. The van der Waals surface area contributed by atoms with Crippen LogP contribution in [0.25, 0.3) is 0 Å². The summed E-state index contributed by atoms with van der Waals surface area (Å²) >= 11 is 0. The molecule has 0 radical (unpaired) electrons. The fourth-order valence-corrected chi connectivity index (χ4v) is 4.24. The summed E-state index contributed by atoms with van der Waals surface area (Å²) < 4.78 is 0. The molecule has 1 fully saturated rings. The zero-order valence-corrected chi connectivity index (χ0v) is 18.1. The second-order valence-corrected chi connectivity index (χ2v) is 7.87. The van der Waals surface area contributed by atoms with E-state index in [0.29, 0.717) is 6.04 Å². The molecule has 5 heteroatoms. The summed E-state index contributed by atoms with van der Waals surface area (Å²) in [6.07, 6.45) is 6.23. The van der Waals surface area contributed by atoms with Gasteiger partial charge in [0.1, 0.15) is 5.82 Å². The molecule has 0 saturated carbocycles.